The smallest absolute Gasteiger partial charge is 0.242 e. The van der Waals surface area contributed by atoms with Crippen molar-refractivity contribution in [1.82, 2.24) is 4.72 Å². The van der Waals surface area contributed by atoms with E-state index >= 15 is 0 Å². The zero-order valence-electron chi connectivity index (χ0n) is 12.2. The molecule has 114 valence electrons. The van der Waals surface area contributed by atoms with Crippen molar-refractivity contribution in [1.29, 1.82) is 0 Å². The molecule has 0 aromatic carbocycles. The number of thiophene rings is 1. The summed E-state index contributed by atoms with van der Waals surface area (Å²) in [4.78, 5) is 0.794. The highest BCUT2D eigenvalue weighted by atomic mass is 32.2. The molecule has 0 radical (unpaired) electrons. The van der Waals surface area contributed by atoms with E-state index in [2.05, 4.69) is 18.6 Å². The highest BCUT2D eigenvalue weighted by Gasteiger charge is 2.31. The van der Waals surface area contributed by atoms with Crippen LogP contribution in [0.5, 0.6) is 0 Å². The van der Waals surface area contributed by atoms with Crippen LogP contribution in [-0.4, -0.2) is 19.6 Å². The van der Waals surface area contributed by atoms with Crippen LogP contribution >= 0.6 is 11.3 Å². The van der Waals surface area contributed by atoms with Gasteiger partial charge in [0.25, 0.3) is 0 Å². The lowest BCUT2D eigenvalue weighted by Gasteiger charge is -2.33. The van der Waals surface area contributed by atoms with Gasteiger partial charge in [0.1, 0.15) is 4.90 Å². The molecule has 3 unspecified atom stereocenters. The summed E-state index contributed by atoms with van der Waals surface area (Å²) in [5.74, 6) is 1.02. The molecular weight excluding hydrogens is 294 g/mol. The van der Waals surface area contributed by atoms with Crippen LogP contribution in [-0.2, 0) is 16.6 Å². The van der Waals surface area contributed by atoms with Gasteiger partial charge in [0.2, 0.25) is 10.0 Å². The molecule has 1 aliphatic carbocycles. The second-order valence-corrected chi connectivity index (χ2v) is 8.57. The average Bonchev–Trinajstić information content (AvgIpc) is 2.75. The van der Waals surface area contributed by atoms with Crippen molar-refractivity contribution in [2.24, 2.45) is 11.8 Å². The van der Waals surface area contributed by atoms with Gasteiger partial charge < -0.3 is 5.11 Å². The van der Waals surface area contributed by atoms with Crippen LogP contribution in [0, 0.1) is 18.8 Å². The molecule has 1 aliphatic rings. The van der Waals surface area contributed by atoms with Crippen LogP contribution in [0.4, 0.5) is 0 Å². The highest BCUT2D eigenvalue weighted by Crippen LogP contribution is 2.31. The van der Waals surface area contributed by atoms with Crippen LogP contribution < -0.4 is 4.72 Å². The molecule has 0 aliphatic heterocycles. The Balaban J connectivity index is 2.21. The Kier molecular flexibility index (Phi) is 4.89. The molecule has 1 saturated carbocycles. The van der Waals surface area contributed by atoms with Gasteiger partial charge in [-0.25, -0.2) is 13.1 Å². The number of rotatable bonds is 4. The quantitative estimate of drug-likeness (QED) is 0.897. The molecule has 20 heavy (non-hydrogen) atoms. The van der Waals surface area contributed by atoms with Gasteiger partial charge >= 0.3 is 0 Å². The fourth-order valence-corrected chi connectivity index (χ4v) is 6.10. The number of aliphatic hydroxyl groups excluding tert-OH is 1. The summed E-state index contributed by atoms with van der Waals surface area (Å²) in [6.07, 6.45) is 3.01. The van der Waals surface area contributed by atoms with E-state index in [1.165, 1.54) is 11.3 Å². The van der Waals surface area contributed by atoms with Crippen LogP contribution in [0.1, 0.15) is 43.6 Å². The fraction of sp³-hybridized carbons (Fsp3) is 0.714. The Morgan fingerprint density at radius 3 is 2.70 bits per heavy atom. The van der Waals surface area contributed by atoms with Crippen molar-refractivity contribution >= 4 is 21.4 Å². The number of hydrogen-bond donors (Lipinski definition) is 2. The first-order valence-electron chi connectivity index (χ1n) is 7.05. The second kappa shape index (κ2) is 6.13. The van der Waals surface area contributed by atoms with Crippen molar-refractivity contribution in [2.75, 3.05) is 0 Å². The fourth-order valence-electron chi connectivity index (χ4n) is 3.06. The molecule has 1 aromatic rings. The summed E-state index contributed by atoms with van der Waals surface area (Å²) in [6, 6.07) is 0.00189. The summed E-state index contributed by atoms with van der Waals surface area (Å²) in [7, 11) is -3.54. The predicted molar refractivity (Wildman–Crippen MR) is 81.3 cm³/mol. The van der Waals surface area contributed by atoms with Crippen LogP contribution in [0.15, 0.2) is 10.3 Å². The SMILES string of the molecule is Cc1csc(CO)c1S(=O)(=O)NC1CCC(C)CC1C. The van der Waals surface area contributed by atoms with Crippen molar-refractivity contribution in [2.45, 2.75) is 57.6 Å². The van der Waals surface area contributed by atoms with E-state index in [0.29, 0.717) is 22.3 Å². The number of nitrogens with one attached hydrogen (secondary N) is 1. The molecule has 2 rings (SSSR count). The molecule has 1 aromatic heterocycles. The Morgan fingerprint density at radius 1 is 1.40 bits per heavy atom. The third-order valence-corrected chi connectivity index (χ3v) is 7.08. The third-order valence-electron chi connectivity index (χ3n) is 4.14. The number of aryl methyl sites for hydroxylation is 1. The predicted octanol–water partition coefficient (Wildman–Crippen LogP) is 2.65. The first-order valence-corrected chi connectivity index (χ1v) is 9.41. The summed E-state index contributed by atoms with van der Waals surface area (Å²) >= 11 is 1.30. The Hall–Kier alpha value is -0.430. The minimum absolute atomic E-state index is 0.00189. The first-order chi connectivity index (χ1) is 9.35. The van der Waals surface area contributed by atoms with Crippen molar-refractivity contribution in [3.63, 3.8) is 0 Å². The van der Waals surface area contributed by atoms with Gasteiger partial charge in [-0.1, -0.05) is 13.8 Å². The molecule has 0 spiro atoms. The second-order valence-electron chi connectivity index (χ2n) is 5.95. The topological polar surface area (TPSA) is 66.4 Å². The summed E-state index contributed by atoms with van der Waals surface area (Å²) in [5, 5.41) is 11.1. The summed E-state index contributed by atoms with van der Waals surface area (Å²) in [5.41, 5.74) is 0.711. The normalized spacial score (nSPS) is 27.7. The average molecular weight is 317 g/mol. The van der Waals surface area contributed by atoms with Crippen LogP contribution in [0.2, 0.25) is 0 Å². The first kappa shape index (κ1) is 15.9. The maximum absolute atomic E-state index is 12.6. The van der Waals surface area contributed by atoms with Gasteiger partial charge in [-0.15, -0.1) is 11.3 Å². The van der Waals surface area contributed by atoms with E-state index in [1.54, 1.807) is 12.3 Å². The van der Waals surface area contributed by atoms with E-state index in [4.69, 9.17) is 0 Å². The molecule has 1 fully saturated rings. The van der Waals surface area contributed by atoms with E-state index in [1.807, 2.05) is 0 Å². The van der Waals surface area contributed by atoms with E-state index in [-0.39, 0.29) is 17.5 Å². The van der Waals surface area contributed by atoms with E-state index < -0.39 is 10.0 Å². The maximum atomic E-state index is 12.6. The lowest BCUT2D eigenvalue weighted by Crippen LogP contribution is -2.42. The maximum Gasteiger partial charge on any atom is 0.242 e. The molecule has 0 saturated heterocycles. The molecule has 0 bridgehead atoms. The third kappa shape index (κ3) is 3.24. The van der Waals surface area contributed by atoms with E-state index in [0.717, 1.165) is 19.3 Å². The van der Waals surface area contributed by atoms with E-state index in [9.17, 15) is 13.5 Å². The van der Waals surface area contributed by atoms with Gasteiger partial charge in [0.15, 0.2) is 0 Å². The van der Waals surface area contributed by atoms with Crippen LogP contribution in [0.3, 0.4) is 0 Å². The minimum atomic E-state index is -3.54. The van der Waals surface area contributed by atoms with Gasteiger partial charge in [0.05, 0.1) is 11.5 Å². The van der Waals surface area contributed by atoms with Gasteiger partial charge in [-0.05, 0) is 49.0 Å². The number of sulfonamides is 1. The zero-order chi connectivity index (χ0) is 14.9. The Morgan fingerprint density at radius 2 is 2.10 bits per heavy atom. The van der Waals surface area contributed by atoms with Gasteiger partial charge in [-0.2, -0.15) is 0 Å². The summed E-state index contributed by atoms with van der Waals surface area (Å²) < 4.78 is 28.0. The van der Waals surface area contributed by atoms with Crippen molar-refractivity contribution in [3.05, 3.63) is 15.8 Å². The van der Waals surface area contributed by atoms with Crippen molar-refractivity contribution in [3.8, 4) is 0 Å². The Bertz CT molecular complexity index is 565. The lowest BCUT2D eigenvalue weighted by molar-refractivity contribution is 0.249. The molecule has 4 nitrogen and oxygen atoms in total. The van der Waals surface area contributed by atoms with Crippen LogP contribution in [0.25, 0.3) is 0 Å². The highest BCUT2D eigenvalue weighted by molar-refractivity contribution is 7.89. The summed E-state index contributed by atoms with van der Waals surface area (Å²) in [6.45, 7) is 5.87. The minimum Gasteiger partial charge on any atom is -0.391 e. The lowest BCUT2D eigenvalue weighted by atomic mass is 9.80. The molecule has 6 heteroatoms. The zero-order valence-corrected chi connectivity index (χ0v) is 13.9. The molecular formula is C14H23NO3S2. The molecule has 0 amide bonds. The standard InChI is InChI=1S/C14H23NO3S2/c1-9-4-5-12(10(2)6-9)15-20(17,18)14-11(3)8-19-13(14)7-16/h8-10,12,15-16H,4-7H2,1-3H3. The van der Waals surface area contributed by atoms with Crippen molar-refractivity contribution < 1.29 is 13.5 Å². The van der Waals surface area contributed by atoms with Gasteiger partial charge in [-0.3, -0.25) is 0 Å². The molecule has 3 atom stereocenters. The largest absolute Gasteiger partial charge is 0.391 e. The van der Waals surface area contributed by atoms with Gasteiger partial charge in [0, 0.05) is 6.04 Å². The number of hydrogen-bond acceptors (Lipinski definition) is 4. The molecule has 1 heterocycles. The molecule has 2 N–H and O–H groups in total. The monoisotopic (exact) mass is 317 g/mol. The number of aliphatic hydroxyl groups is 1. The Labute approximate surface area is 125 Å².